The number of furan rings is 1. The van der Waals surface area contributed by atoms with Gasteiger partial charge in [0.05, 0.1) is 24.9 Å². The van der Waals surface area contributed by atoms with Gasteiger partial charge in [-0.3, -0.25) is 4.79 Å². The maximum Gasteiger partial charge on any atom is 0.255 e. The van der Waals surface area contributed by atoms with Crippen LogP contribution in [0.2, 0.25) is 5.02 Å². The lowest BCUT2D eigenvalue weighted by atomic mass is 10.2. The minimum absolute atomic E-state index is 0.00451. The van der Waals surface area contributed by atoms with E-state index < -0.39 is 15.9 Å². The smallest absolute Gasteiger partial charge is 0.255 e. The van der Waals surface area contributed by atoms with Gasteiger partial charge in [-0.15, -0.1) is 0 Å². The molecule has 9 heteroatoms. The summed E-state index contributed by atoms with van der Waals surface area (Å²) >= 11 is 6.05. The molecule has 1 amide bonds. The van der Waals surface area contributed by atoms with Crippen molar-refractivity contribution in [2.45, 2.75) is 11.4 Å². The summed E-state index contributed by atoms with van der Waals surface area (Å²) in [5, 5.41) is 2.70. The van der Waals surface area contributed by atoms with Gasteiger partial charge in [-0.1, -0.05) is 17.7 Å². The Kier molecular flexibility index (Phi) is 6.03. The van der Waals surface area contributed by atoms with E-state index in [4.69, 9.17) is 20.8 Å². The first kappa shape index (κ1) is 19.9. The van der Waals surface area contributed by atoms with Crippen LogP contribution in [-0.2, 0) is 16.6 Å². The number of carbonyl (C=O) groups excluding carboxylic acids is 1. The summed E-state index contributed by atoms with van der Waals surface area (Å²) in [5.41, 5.74) is 0.658. The molecule has 1 heterocycles. The van der Waals surface area contributed by atoms with Crippen molar-refractivity contribution in [3.8, 4) is 5.75 Å². The van der Waals surface area contributed by atoms with Gasteiger partial charge in [0.25, 0.3) is 5.91 Å². The predicted octanol–water partition coefficient (Wildman–Crippen LogP) is 3.67. The Morgan fingerprint density at radius 3 is 2.68 bits per heavy atom. The first-order chi connectivity index (χ1) is 13.4. The minimum Gasteiger partial charge on any atom is -0.497 e. The molecule has 146 valence electrons. The summed E-state index contributed by atoms with van der Waals surface area (Å²) in [6.07, 6.45) is 1.44. The van der Waals surface area contributed by atoms with Crippen molar-refractivity contribution in [2.75, 3.05) is 12.4 Å². The van der Waals surface area contributed by atoms with Gasteiger partial charge >= 0.3 is 0 Å². The third kappa shape index (κ3) is 4.72. The van der Waals surface area contributed by atoms with Crippen molar-refractivity contribution >= 4 is 33.2 Å². The molecule has 3 rings (SSSR count). The Morgan fingerprint density at radius 1 is 1.14 bits per heavy atom. The molecule has 0 radical (unpaired) electrons. The summed E-state index contributed by atoms with van der Waals surface area (Å²) < 4.78 is 37.8. The van der Waals surface area contributed by atoms with Gasteiger partial charge in [-0.2, -0.15) is 0 Å². The average Bonchev–Trinajstić information content (AvgIpc) is 3.20. The monoisotopic (exact) mass is 420 g/mol. The summed E-state index contributed by atoms with van der Waals surface area (Å²) in [6.45, 7) is -0.0358. The fourth-order valence-corrected chi connectivity index (χ4v) is 3.93. The third-order valence-corrected chi connectivity index (χ3v) is 5.71. The first-order valence-corrected chi connectivity index (χ1v) is 10.0. The number of hydrogen-bond acceptors (Lipinski definition) is 5. The summed E-state index contributed by atoms with van der Waals surface area (Å²) in [5.74, 6) is 0.554. The maximum atomic E-state index is 12.6. The zero-order chi connectivity index (χ0) is 20.1. The van der Waals surface area contributed by atoms with E-state index in [2.05, 4.69) is 10.0 Å². The maximum absolute atomic E-state index is 12.6. The molecule has 0 aliphatic rings. The fraction of sp³-hybridized carbons (Fsp3) is 0.105. The Balaban J connectivity index is 1.80. The molecule has 0 fully saturated rings. The highest BCUT2D eigenvalue weighted by atomic mass is 35.5. The second kappa shape index (κ2) is 8.47. The van der Waals surface area contributed by atoms with E-state index in [0.29, 0.717) is 17.2 Å². The van der Waals surface area contributed by atoms with Crippen LogP contribution in [0.5, 0.6) is 5.75 Å². The lowest BCUT2D eigenvalue weighted by Crippen LogP contribution is -2.24. The van der Waals surface area contributed by atoms with Crippen molar-refractivity contribution in [1.29, 1.82) is 0 Å². The van der Waals surface area contributed by atoms with E-state index in [1.807, 2.05) is 0 Å². The molecule has 2 N–H and O–H groups in total. The van der Waals surface area contributed by atoms with Crippen molar-refractivity contribution in [3.63, 3.8) is 0 Å². The number of nitrogens with one attached hydrogen (secondary N) is 2. The van der Waals surface area contributed by atoms with E-state index >= 15 is 0 Å². The first-order valence-electron chi connectivity index (χ1n) is 8.16. The van der Waals surface area contributed by atoms with Crippen LogP contribution in [0.3, 0.4) is 0 Å². The van der Waals surface area contributed by atoms with Crippen LogP contribution in [0.1, 0.15) is 16.1 Å². The molecule has 2 aromatic carbocycles. The van der Waals surface area contributed by atoms with Crippen LogP contribution in [-0.4, -0.2) is 21.4 Å². The number of rotatable bonds is 7. The van der Waals surface area contributed by atoms with Crippen LogP contribution < -0.4 is 14.8 Å². The number of benzene rings is 2. The van der Waals surface area contributed by atoms with Crippen molar-refractivity contribution in [2.24, 2.45) is 0 Å². The van der Waals surface area contributed by atoms with Gasteiger partial charge in [-0.25, -0.2) is 13.1 Å². The molecule has 0 saturated heterocycles. The largest absolute Gasteiger partial charge is 0.497 e. The highest BCUT2D eigenvalue weighted by molar-refractivity contribution is 7.89. The molecule has 0 atom stereocenters. The van der Waals surface area contributed by atoms with E-state index in [9.17, 15) is 13.2 Å². The van der Waals surface area contributed by atoms with Gasteiger partial charge in [0.2, 0.25) is 10.0 Å². The summed E-state index contributed by atoms with van der Waals surface area (Å²) in [7, 11) is -2.43. The topological polar surface area (TPSA) is 97.6 Å². The Hall–Kier alpha value is -2.81. The number of hydrogen-bond donors (Lipinski definition) is 2. The van der Waals surface area contributed by atoms with Gasteiger partial charge in [-0.05, 0) is 42.5 Å². The van der Waals surface area contributed by atoms with E-state index in [1.165, 1.54) is 31.6 Å². The molecule has 3 aromatic rings. The van der Waals surface area contributed by atoms with Crippen LogP contribution in [0, 0.1) is 0 Å². The Bertz CT molecular complexity index is 1080. The molecule has 28 heavy (non-hydrogen) atoms. The minimum atomic E-state index is -3.95. The number of amides is 1. The van der Waals surface area contributed by atoms with E-state index in [0.717, 1.165) is 0 Å². The molecule has 0 spiro atoms. The number of methoxy groups -OCH3 is 1. The van der Waals surface area contributed by atoms with Crippen molar-refractivity contribution < 1.29 is 22.4 Å². The van der Waals surface area contributed by atoms with Gasteiger partial charge in [0.15, 0.2) is 0 Å². The molecule has 0 unspecified atom stereocenters. The quantitative estimate of drug-likeness (QED) is 0.607. The number of halogens is 1. The molecule has 0 aliphatic carbocycles. The van der Waals surface area contributed by atoms with Crippen LogP contribution in [0.15, 0.2) is 70.2 Å². The summed E-state index contributed by atoms with van der Waals surface area (Å²) in [4.78, 5) is 12.3. The Morgan fingerprint density at radius 2 is 1.96 bits per heavy atom. The number of ether oxygens (including phenoxy) is 1. The average molecular weight is 421 g/mol. The van der Waals surface area contributed by atoms with Crippen LogP contribution in [0.25, 0.3) is 0 Å². The fourth-order valence-electron chi connectivity index (χ4n) is 2.41. The Labute approximate surface area is 167 Å². The lowest BCUT2D eigenvalue weighted by Gasteiger charge is -2.11. The van der Waals surface area contributed by atoms with Crippen molar-refractivity contribution in [3.05, 3.63) is 77.2 Å². The highest BCUT2D eigenvalue weighted by Crippen LogP contribution is 2.24. The standard InChI is InChI=1S/C19H17ClN2O5S/c1-26-15-5-2-4-14(11-15)22-19(23)13-7-8-17(20)18(10-13)28(24,25)21-12-16-6-3-9-27-16/h2-11,21H,12H2,1H3,(H,22,23). The zero-order valence-corrected chi connectivity index (χ0v) is 16.4. The number of carbonyl (C=O) groups is 1. The van der Waals surface area contributed by atoms with Crippen molar-refractivity contribution in [1.82, 2.24) is 4.72 Å². The molecular weight excluding hydrogens is 404 g/mol. The van der Waals surface area contributed by atoms with Crippen LogP contribution in [0.4, 0.5) is 5.69 Å². The number of anilines is 1. The lowest BCUT2D eigenvalue weighted by molar-refractivity contribution is 0.102. The third-order valence-electron chi connectivity index (χ3n) is 3.83. The SMILES string of the molecule is COc1cccc(NC(=O)c2ccc(Cl)c(S(=O)(=O)NCc3ccco3)c2)c1. The zero-order valence-electron chi connectivity index (χ0n) is 14.8. The van der Waals surface area contributed by atoms with Crippen LogP contribution >= 0.6 is 11.6 Å². The predicted molar refractivity (Wildman–Crippen MR) is 105 cm³/mol. The second-order valence-corrected chi connectivity index (χ2v) is 7.88. The molecule has 0 bridgehead atoms. The van der Waals surface area contributed by atoms with Gasteiger partial charge in [0, 0.05) is 17.3 Å². The molecule has 1 aromatic heterocycles. The molecule has 0 saturated carbocycles. The number of sulfonamides is 1. The second-order valence-electron chi connectivity index (χ2n) is 5.74. The van der Waals surface area contributed by atoms with E-state index in [-0.39, 0.29) is 22.0 Å². The van der Waals surface area contributed by atoms with E-state index in [1.54, 1.807) is 36.4 Å². The molecular formula is C19H17ClN2O5S. The summed E-state index contributed by atoms with van der Waals surface area (Å²) in [6, 6.07) is 14.1. The molecule has 7 nitrogen and oxygen atoms in total. The van der Waals surface area contributed by atoms with Gasteiger partial charge in [0.1, 0.15) is 16.4 Å². The molecule has 0 aliphatic heterocycles. The van der Waals surface area contributed by atoms with Gasteiger partial charge < -0.3 is 14.5 Å². The normalized spacial score (nSPS) is 11.2. The highest BCUT2D eigenvalue weighted by Gasteiger charge is 2.20.